The van der Waals surface area contributed by atoms with Gasteiger partial charge in [-0.3, -0.25) is 0 Å². The number of hydrogen-bond acceptors (Lipinski definition) is 3. The van der Waals surface area contributed by atoms with Crippen molar-refractivity contribution in [2.24, 2.45) is 0 Å². The van der Waals surface area contributed by atoms with E-state index in [1.165, 1.54) is 6.07 Å². The van der Waals surface area contributed by atoms with Crippen LogP contribution in [-0.2, 0) is 4.74 Å². The van der Waals surface area contributed by atoms with Crippen molar-refractivity contribution < 1.29 is 13.9 Å². The van der Waals surface area contributed by atoms with Gasteiger partial charge >= 0.3 is 6.09 Å². The minimum Gasteiger partial charge on any atom is -0.444 e. The van der Waals surface area contributed by atoms with Crippen molar-refractivity contribution in [3.05, 3.63) is 29.8 Å². The normalized spacial score (nSPS) is 16.3. The van der Waals surface area contributed by atoms with E-state index in [1.807, 2.05) is 20.8 Å². The molecule has 1 aromatic heterocycles. The lowest BCUT2D eigenvalue weighted by atomic mass is 9.96. The molecule has 1 saturated heterocycles. The van der Waals surface area contributed by atoms with Gasteiger partial charge in [-0.15, -0.1) is 0 Å². The minimum atomic E-state index is -0.487. The van der Waals surface area contributed by atoms with Crippen LogP contribution in [-0.4, -0.2) is 34.7 Å². The number of pyridine rings is 1. The van der Waals surface area contributed by atoms with E-state index >= 15 is 0 Å². The van der Waals surface area contributed by atoms with E-state index in [0.717, 1.165) is 0 Å². The fourth-order valence-electron chi connectivity index (χ4n) is 1.79. The van der Waals surface area contributed by atoms with E-state index < -0.39 is 11.5 Å². The third-order valence-electron chi connectivity index (χ3n) is 2.69. The van der Waals surface area contributed by atoms with E-state index in [2.05, 4.69) is 4.98 Å². The highest BCUT2D eigenvalue weighted by atomic mass is 19.1. The molecule has 0 radical (unpaired) electrons. The highest BCUT2D eigenvalue weighted by Crippen LogP contribution is 2.27. The highest BCUT2D eigenvalue weighted by molar-refractivity contribution is 5.69. The zero-order chi connectivity index (χ0) is 13.3. The molecule has 1 aliphatic heterocycles. The fourth-order valence-corrected chi connectivity index (χ4v) is 1.79. The number of aromatic nitrogens is 1. The van der Waals surface area contributed by atoms with Crippen LogP contribution < -0.4 is 0 Å². The van der Waals surface area contributed by atoms with Gasteiger partial charge in [-0.2, -0.15) is 4.39 Å². The third-order valence-corrected chi connectivity index (χ3v) is 2.69. The number of hydrogen-bond donors (Lipinski definition) is 0. The summed E-state index contributed by atoms with van der Waals surface area (Å²) in [5, 5.41) is 0. The molecule has 1 fully saturated rings. The minimum absolute atomic E-state index is 0.105. The Bertz CT molecular complexity index is 451. The maximum atomic E-state index is 12.9. The molecule has 2 rings (SSSR count). The van der Waals surface area contributed by atoms with Crippen LogP contribution in [0.4, 0.5) is 9.18 Å². The lowest BCUT2D eigenvalue weighted by molar-refractivity contribution is 0.00783. The number of nitrogens with zero attached hydrogens (tertiary/aromatic N) is 2. The Morgan fingerprint density at radius 1 is 1.44 bits per heavy atom. The first-order chi connectivity index (χ1) is 8.35. The molecular weight excluding hydrogens is 235 g/mol. The third kappa shape index (κ3) is 2.97. The van der Waals surface area contributed by atoms with Crippen molar-refractivity contribution in [2.75, 3.05) is 13.1 Å². The Hall–Kier alpha value is -1.65. The summed E-state index contributed by atoms with van der Waals surface area (Å²) in [6, 6.07) is 4.72. The SMILES string of the molecule is CC(C)(C)OC(=O)N1CC(c2cccc(F)n2)C1. The molecule has 98 valence electrons. The van der Waals surface area contributed by atoms with Gasteiger partial charge in [0.2, 0.25) is 5.95 Å². The van der Waals surface area contributed by atoms with Gasteiger partial charge in [0.25, 0.3) is 0 Å². The first-order valence-corrected chi connectivity index (χ1v) is 5.95. The predicted octanol–water partition coefficient (Wildman–Crippen LogP) is 2.56. The van der Waals surface area contributed by atoms with Gasteiger partial charge < -0.3 is 9.64 Å². The maximum absolute atomic E-state index is 12.9. The second kappa shape index (κ2) is 4.55. The molecule has 0 aromatic carbocycles. The summed E-state index contributed by atoms with van der Waals surface area (Å²) in [6.45, 7) is 6.56. The summed E-state index contributed by atoms with van der Waals surface area (Å²) in [4.78, 5) is 17.1. The first-order valence-electron chi connectivity index (χ1n) is 5.95. The van der Waals surface area contributed by atoms with Crippen LogP contribution in [0.25, 0.3) is 0 Å². The van der Waals surface area contributed by atoms with Gasteiger partial charge in [0.05, 0.1) is 5.69 Å². The standard InChI is InChI=1S/C13H17FN2O2/c1-13(2,3)18-12(17)16-7-9(8-16)10-5-4-6-11(14)15-10/h4-6,9H,7-8H2,1-3H3. The lowest BCUT2D eigenvalue weighted by Gasteiger charge is -2.39. The largest absolute Gasteiger partial charge is 0.444 e. The van der Waals surface area contributed by atoms with Crippen LogP contribution in [0.2, 0.25) is 0 Å². The molecule has 1 aromatic rings. The summed E-state index contributed by atoms with van der Waals surface area (Å²) in [6.07, 6.45) is -0.324. The quantitative estimate of drug-likeness (QED) is 0.721. The van der Waals surface area contributed by atoms with E-state index in [4.69, 9.17) is 4.74 Å². The molecule has 2 heterocycles. The average molecular weight is 252 g/mol. The molecule has 0 aliphatic carbocycles. The summed E-state index contributed by atoms with van der Waals surface area (Å²) in [5.41, 5.74) is 0.203. The topological polar surface area (TPSA) is 42.4 Å². The molecule has 5 heteroatoms. The smallest absolute Gasteiger partial charge is 0.410 e. The fraction of sp³-hybridized carbons (Fsp3) is 0.538. The Morgan fingerprint density at radius 2 is 2.11 bits per heavy atom. The maximum Gasteiger partial charge on any atom is 0.410 e. The molecular formula is C13H17FN2O2. The predicted molar refractivity (Wildman–Crippen MR) is 64.7 cm³/mol. The van der Waals surface area contributed by atoms with E-state index in [-0.39, 0.29) is 12.0 Å². The van der Waals surface area contributed by atoms with Crippen molar-refractivity contribution in [3.63, 3.8) is 0 Å². The van der Waals surface area contributed by atoms with Crippen LogP contribution in [0.15, 0.2) is 18.2 Å². The highest BCUT2D eigenvalue weighted by Gasteiger charge is 2.35. The average Bonchev–Trinajstić information content (AvgIpc) is 2.11. The van der Waals surface area contributed by atoms with Gasteiger partial charge in [-0.1, -0.05) is 6.07 Å². The molecule has 4 nitrogen and oxygen atoms in total. The van der Waals surface area contributed by atoms with Crippen LogP contribution in [0.3, 0.4) is 0 Å². The van der Waals surface area contributed by atoms with E-state index in [9.17, 15) is 9.18 Å². The molecule has 1 amide bonds. The van der Waals surface area contributed by atoms with Crippen molar-refractivity contribution >= 4 is 6.09 Å². The molecule has 18 heavy (non-hydrogen) atoms. The van der Waals surface area contributed by atoms with Crippen molar-refractivity contribution in [1.29, 1.82) is 0 Å². The summed E-state index contributed by atoms with van der Waals surface area (Å²) in [7, 11) is 0. The van der Waals surface area contributed by atoms with E-state index in [0.29, 0.717) is 18.8 Å². The zero-order valence-corrected chi connectivity index (χ0v) is 10.8. The number of amides is 1. The Kier molecular flexibility index (Phi) is 3.24. The summed E-state index contributed by atoms with van der Waals surface area (Å²) in [5.74, 6) is -0.378. The summed E-state index contributed by atoms with van der Waals surface area (Å²) >= 11 is 0. The number of rotatable bonds is 1. The molecule has 0 atom stereocenters. The van der Waals surface area contributed by atoms with Crippen molar-refractivity contribution in [3.8, 4) is 0 Å². The molecule has 0 N–H and O–H groups in total. The van der Waals surface area contributed by atoms with Gasteiger partial charge in [0, 0.05) is 19.0 Å². The molecule has 1 aliphatic rings. The summed E-state index contributed by atoms with van der Waals surface area (Å²) < 4.78 is 18.2. The van der Waals surface area contributed by atoms with Crippen LogP contribution in [0, 0.1) is 5.95 Å². The molecule has 0 saturated carbocycles. The van der Waals surface area contributed by atoms with Crippen molar-refractivity contribution in [2.45, 2.75) is 32.3 Å². The van der Waals surface area contributed by atoms with Gasteiger partial charge in [0.15, 0.2) is 0 Å². The second-order valence-electron chi connectivity index (χ2n) is 5.47. The van der Waals surface area contributed by atoms with Crippen LogP contribution in [0.1, 0.15) is 32.4 Å². The van der Waals surface area contributed by atoms with Gasteiger partial charge in [0.1, 0.15) is 5.60 Å². The number of carbonyl (C=O) groups is 1. The molecule has 0 unspecified atom stereocenters. The van der Waals surface area contributed by atoms with Gasteiger partial charge in [-0.05, 0) is 32.9 Å². The van der Waals surface area contributed by atoms with Crippen molar-refractivity contribution in [1.82, 2.24) is 9.88 Å². The zero-order valence-electron chi connectivity index (χ0n) is 10.8. The molecule has 0 bridgehead atoms. The second-order valence-corrected chi connectivity index (χ2v) is 5.47. The van der Waals surface area contributed by atoms with Crippen LogP contribution in [0.5, 0.6) is 0 Å². The number of halogens is 1. The van der Waals surface area contributed by atoms with Gasteiger partial charge in [-0.25, -0.2) is 9.78 Å². The Balaban J connectivity index is 1.89. The number of carbonyl (C=O) groups excluding carboxylic acids is 1. The Morgan fingerprint density at radius 3 is 2.67 bits per heavy atom. The van der Waals surface area contributed by atoms with Crippen LogP contribution >= 0.6 is 0 Å². The Labute approximate surface area is 106 Å². The number of likely N-dealkylation sites (tertiary alicyclic amines) is 1. The first kappa shape index (κ1) is 12.8. The monoisotopic (exact) mass is 252 g/mol. The number of ether oxygens (including phenoxy) is 1. The lowest BCUT2D eigenvalue weighted by Crippen LogP contribution is -2.50. The van der Waals surface area contributed by atoms with E-state index in [1.54, 1.807) is 17.0 Å². The molecule has 0 spiro atoms.